The third-order valence-corrected chi connectivity index (χ3v) is 1.76. The Labute approximate surface area is 88.8 Å². The van der Waals surface area contributed by atoms with Gasteiger partial charge in [-0.3, -0.25) is 4.79 Å². The summed E-state index contributed by atoms with van der Waals surface area (Å²) in [4.78, 5) is 12.9. The Bertz CT molecular complexity index is 454. The minimum Gasteiger partial charge on any atom is -0.449 e. The molecule has 0 aliphatic heterocycles. The van der Waals surface area contributed by atoms with E-state index in [4.69, 9.17) is 5.53 Å². The average Bonchev–Trinajstić information content (AvgIpc) is 2.15. The maximum absolute atomic E-state index is 12.2. The molecule has 0 saturated heterocycles. The van der Waals surface area contributed by atoms with E-state index in [1.807, 2.05) is 0 Å². The number of azide groups is 1. The van der Waals surface area contributed by atoms with E-state index < -0.39 is 13.3 Å². The predicted octanol–water partition coefficient (Wildman–Crippen LogP) is 3.37. The van der Waals surface area contributed by atoms with Crippen molar-refractivity contribution in [1.82, 2.24) is 0 Å². The molecule has 4 nitrogen and oxygen atoms in total. The molecular weight excluding hydrogens is 222 g/mol. The van der Waals surface area contributed by atoms with Crippen molar-refractivity contribution in [3.05, 3.63) is 39.8 Å². The Morgan fingerprint density at radius 2 is 2.06 bits per heavy atom. The Kier molecular flexibility index (Phi) is 3.57. The molecule has 0 aliphatic carbocycles. The molecule has 0 bridgehead atoms. The molecule has 8 heteroatoms. The summed E-state index contributed by atoms with van der Waals surface area (Å²) >= 11 is 0. The van der Waals surface area contributed by atoms with Crippen molar-refractivity contribution in [2.45, 2.75) is 6.32 Å². The van der Waals surface area contributed by atoms with Crippen LogP contribution in [-0.4, -0.2) is 13.3 Å². The number of hydrogen-bond donors (Lipinski definition) is 0. The molecule has 0 N–H and O–H groups in total. The third-order valence-electron chi connectivity index (χ3n) is 1.76. The van der Waals surface area contributed by atoms with Gasteiger partial charge in [0.15, 0.2) is 0 Å². The fraction of sp³-hybridized carbons (Fsp3) is 0.125. The lowest BCUT2D eigenvalue weighted by Gasteiger charge is -2.14. The molecule has 16 heavy (non-hydrogen) atoms. The number of rotatable bonds is 4. The minimum absolute atomic E-state index is 0.00199. The van der Waals surface area contributed by atoms with Gasteiger partial charge in [0.1, 0.15) is 6.29 Å². The topological polar surface area (TPSA) is 65.8 Å². The van der Waals surface area contributed by atoms with Gasteiger partial charge in [0, 0.05) is 16.2 Å². The van der Waals surface area contributed by atoms with Gasteiger partial charge in [0.25, 0.3) is 0 Å². The Morgan fingerprint density at radius 1 is 1.38 bits per heavy atom. The second-order valence-corrected chi connectivity index (χ2v) is 3.15. The molecule has 84 valence electrons. The summed E-state index contributed by atoms with van der Waals surface area (Å²) < 4.78 is 36.5. The first-order valence-corrected chi connectivity index (χ1v) is 4.30. The van der Waals surface area contributed by atoms with E-state index in [0.717, 1.165) is 12.1 Å². The van der Waals surface area contributed by atoms with E-state index in [-0.39, 0.29) is 16.8 Å². The molecule has 0 saturated carbocycles. The maximum Gasteiger partial charge on any atom is 0.482 e. The molecule has 0 unspecified atom stereocenters. The van der Waals surface area contributed by atoms with Crippen LogP contribution in [0.15, 0.2) is 23.3 Å². The second kappa shape index (κ2) is 4.72. The van der Waals surface area contributed by atoms with Crippen molar-refractivity contribution in [2.75, 3.05) is 0 Å². The van der Waals surface area contributed by atoms with Crippen molar-refractivity contribution >= 4 is 19.0 Å². The first-order chi connectivity index (χ1) is 7.44. The van der Waals surface area contributed by atoms with Crippen molar-refractivity contribution in [3.8, 4) is 0 Å². The zero-order valence-corrected chi connectivity index (χ0v) is 7.98. The summed E-state index contributed by atoms with van der Waals surface area (Å²) in [5.41, 5.74) is 8.13. The smallest absolute Gasteiger partial charge is 0.449 e. The van der Waals surface area contributed by atoms with Crippen LogP contribution < -0.4 is 0 Å². The lowest BCUT2D eigenvalue weighted by molar-refractivity contribution is 0.112. The van der Waals surface area contributed by atoms with Gasteiger partial charge in [0.05, 0.1) is 0 Å². The molecule has 1 aromatic carbocycles. The first-order valence-electron chi connectivity index (χ1n) is 4.30. The molecule has 0 atom stereocenters. The molecule has 1 rings (SSSR count). The van der Waals surface area contributed by atoms with Crippen LogP contribution in [0, 0.1) is 0 Å². The minimum atomic E-state index is -4.98. The van der Waals surface area contributed by atoms with Crippen LogP contribution >= 0.6 is 0 Å². The number of halogens is 3. The fourth-order valence-corrected chi connectivity index (χ4v) is 1.26. The highest BCUT2D eigenvalue weighted by molar-refractivity contribution is 6.57. The van der Waals surface area contributed by atoms with E-state index in [1.54, 1.807) is 0 Å². The molecule has 0 heterocycles. The van der Waals surface area contributed by atoms with Gasteiger partial charge in [0.2, 0.25) is 0 Å². The number of carbonyl (C=O) groups excluding carboxylic acids is 1. The lowest BCUT2D eigenvalue weighted by atomic mass is 9.81. The highest BCUT2D eigenvalue weighted by Crippen LogP contribution is 2.22. The Balaban J connectivity index is 3.13. The number of aldehydes is 1. The predicted molar refractivity (Wildman–Crippen MR) is 53.4 cm³/mol. The quantitative estimate of drug-likeness (QED) is 0.256. The van der Waals surface area contributed by atoms with Gasteiger partial charge in [-0.15, -0.1) is 0 Å². The highest BCUT2D eigenvalue weighted by Gasteiger charge is 2.23. The zero-order chi connectivity index (χ0) is 12.2. The number of carbonyl (C=O) groups is 1. The Morgan fingerprint density at radius 3 is 2.56 bits per heavy atom. The largest absolute Gasteiger partial charge is 0.482 e. The summed E-state index contributed by atoms with van der Waals surface area (Å²) in [6, 6.07) is 3.46. The first kappa shape index (κ1) is 12.1. The van der Waals surface area contributed by atoms with E-state index in [0.29, 0.717) is 6.29 Å². The lowest BCUT2D eigenvalue weighted by Crippen LogP contribution is -2.19. The monoisotopic (exact) mass is 228 g/mol. The van der Waals surface area contributed by atoms with Gasteiger partial charge in [-0.25, -0.2) is 0 Å². The Hall–Kier alpha value is -1.95. The van der Waals surface area contributed by atoms with Gasteiger partial charge < -0.3 is 12.9 Å². The summed E-state index contributed by atoms with van der Waals surface area (Å²) in [5, 5.41) is 3.17. The van der Waals surface area contributed by atoms with Crippen molar-refractivity contribution in [2.24, 2.45) is 5.11 Å². The van der Waals surface area contributed by atoms with E-state index in [2.05, 4.69) is 10.0 Å². The van der Waals surface area contributed by atoms with Crippen LogP contribution in [-0.2, 0) is 6.32 Å². The molecular formula is C8H6BF3N3O-. The highest BCUT2D eigenvalue weighted by atomic mass is 19.4. The maximum atomic E-state index is 12.2. The van der Waals surface area contributed by atoms with Crippen molar-refractivity contribution in [3.63, 3.8) is 0 Å². The number of hydrogen-bond acceptors (Lipinski definition) is 2. The van der Waals surface area contributed by atoms with Gasteiger partial charge in [-0.1, -0.05) is 29.1 Å². The van der Waals surface area contributed by atoms with E-state index in [9.17, 15) is 17.7 Å². The average molecular weight is 228 g/mol. The van der Waals surface area contributed by atoms with Crippen LogP contribution in [0.25, 0.3) is 10.4 Å². The molecule has 0 aromatic heterocycles. The summed E-state index contributed by atoms with van der Waals surface area (Å²) in [6.07, 6.45) is -0.696. The third kappa shape index (κ3) is 3.66. The van der Waals surface area contributed by atoms with Crippen LogP contribution in [0.2, 0.25) is 0 Å². The van der Waals surface area contributed by atoms with Crippen molar-refractivity contribution in [1.29, 1.82) is 0 Å². The molecule has 1 aromatic rings. The zero-order valence-electron chi connectivity index (χ0n) is 7.98. The van der Waals surface area contributed by atoms with Crippen molar-refractivity contribution < 1.29 is 17.7 Å². The van der Waals surface area contributed by atoms with Crippen LogP contribution in [0.3, 0.4) is 0 Å². The standard InChI is InChI=1S/C8H6BF3N3O/c10-9(11,12)4-6-1-7(5-16)3-8(2-6)14-15-13/h1-3,5H,4H2/q-1. The van der Waals surface area contributed by atoms with E-state index in [1.165, 1.54) is 6.07 Å². The molecule has 0 radical (unpaired) electrons. The van der Waals surface area contributed by atoms with Crippen LogP contribution in [0.1, 0.15) is 15.9 Å². The second-order valence-electron chi connectivity index (χ2n) is 3.15. The summed E-state index contributed by atoms with van der Waals surface area (Å²) in [5.74, 6) is 0. The molecule has 0 spiro atoms. The normalized spacial score (nSPS) is 10.7. The van der Waals surface area contributed by atoms with E-state index >= 15 is 0 Å². The van der Waals surface area contributed by atoms with Gasteiger partial charge >= 0.3 is 6.98 Å². The summed E-state index contributed by atoms with van der Waals surface area (Å²) in [7, 11) is 0. The summed E-state index contributed by atoms with van der Waals surface area (Å²) in [6.45, 7) is -4.98. The van der Waals surface area contributed by atoms with Crippen LogP contribution in [0.4, 0.5) is 18.6 Å². The SMILES string of the molecule is [N-]=[N+]=Nc1cc(C=O)cc(C[B-](F)(F)F)c1. The fourth-order valence-electron chi connectivity index (χ4n) is 1.26. The number of benzene rings is 1. The molecule has 0 fully saturated rings. The van der Waals surface area contributed by atoms with Crippen LogP contribution in [0.5, 0.6) is 0 Å². The molecule has 0 amide bonds. The number of nitrogens with zero attached hydrogens (tertiary/aromatic N) is 3. The van der Waals surface area contributed by atoms with Gasteiger partial charge in [-0.2, -0.15) is 0 Å². The van der Waals surface area contributed by atoms with Gasteiger partial charge in [-0.05, 0) is 11.6 Å². The molecule has 0 aliphatic rings.